The van der Waals surface area contributed by atoms with Gasteiger partial charge in [0.05, 0.1) is 11.2 Å². The Kier molecular flexibility index (Phi) is 5.44. The highest BCUT2D eigenvalue weighted by Crippen LogP contribution is 2.28. The standard InChI is InChI=1S/C15H23ClN2O/c1-2-10-18-15(13(16)11-17-18)14(19)9-8-12-6-4-3-5-7-12/h11-12H,2-10H2,1H3. The van der Waals surface area contributed by atoms with Crippen molar-refractivity contribution in [2.24, 2.45) is 5.92 Å². The third-order valence-electron chi connectivity index (χ3n) is 4.00. The molecule has 0 radical (unpaired) electrons. The molecule has 1 fully saturated rings. The highest BCUT2D eigenvalue weighted by atomic mass is 35.5. The van der Waals surface area contributed by atoms with E-state index in [1.165, 1.54) is 32.1 Å². The van der Waals surface area contributed by atoms with Gasteiger partial charge in [-0.25, -0.2) is 0 Å². The molecule has 0 amide bonds. The summed E-state index contributed by atoms with van der Waals surface area (Å²) < 4.78 is 1.76. The van der Waals surface area contributed by atoms with Gasteiger partial charge in [-0.2, -0.15) is 5.10 Å². The van der Waals surface area contributed by atoms with E-state index in [1.54, 1.807) is 10.9 Å². The second-order valence-corrected chi connectivity index (χ2v) is 5.94. The molecule has 0 spiro atoms. The van der Waals surface area contributed by atoms with Crippen molar-refractivity contribution in [3.8, 4) is 0 Å². The highest BCUT2D eigenvalue weighted by molar-refractivity contribution is 6.33. The van der Waals surface area contributed by atoms with Crippen LogP contribution in [-0.4, -0.2) is 15.6 Å². The maximum absolute atomic E-state index is 12.3. The molecule has 4 heteroatoms. The average Bonchev–Trinajstić information content (AvgIpc) is 2.79. The summed E-state index contributed by atoms with van der Waals surface area (Å²) in [5.74, 6) is 0.889. The van der Waals surface area contributed by atoms with Crippen LogP contribution >= 0.6 is 11.6 Å². The molecule has 1 aliphatic carbocycles. The average molecular weight is 283 g/mol. The molecule has 0 atom stereocenters. The van der Waals surface area contributed by atoms with Crippen molar-refractivity contribution in [3.05, 3.63) is 16.9 Å². The van der Waals surface area contributed by atoms with E-state index in [1.807, 2.05) is 0 Å². The Bertz CT molecular complexity index is 422. The van der Waals surface area contributed by atoms with E-state index in [2.05, 4.69) is 12.0 Å². The second kappa shape index (κ2) is 7.09. The van der Waals surface area contributed by atoms with E-state index >= 15 is 0 Å². The Morgan fingerprint density at radius 2 is 2.16 bits per heavy atom. The van der Waals surface area contributed by atoms with Gasteiger partial charge in [0.25, 0.3) is 0 Å². The van der Waals surface area contributed by atoms with Gasteiger partial charge in [-0.15, -0.1) is 0 Å². The molecule has 2 rings (SSSR count). The van der Waals surface area contributed by atoms with Crippen molar-refractivity contribution in [1.29, 1.82) is 0 Å². The number of carbonyl (C=O) groups excluding carboxylic acids is 1. The summed E-state index contributed by atoms with van der Waals surface area (Å²) in [4.78, 5) is 12.3. The van der Waals surface area contributed by atoms with Crippen LogP contribution in [0.1, 0.15) is 68.8 Å². The minimum Gasteiger partial charge on any atom is -0.292 e. The third-order valence-corrected chi connectivity index (χ3v) is 4.28. The summed E-state index contributed by atoms with van der Waals surface area (Å²) in [6.07, 6.45) is 10.8. The third kappa shape index (κ3) is 3.82. The van der Waals surface area contributed by atoms with Crippen LogP contribution in [-0.2, 0) is 6.54 Å². The van der Waals surface area contributed by atoms with E-state index in [9.17, 15) is 4.79 Å². The largest absolute Gasteiger partial charge is 0.292 e. The lowest BCUT2D eigenvalue weighted by Crippen LogP contribution is -2.13. The van der Waals surface area contributed by atoms with Gasteiger partial charge >= 0.3 is 0 Å². The van der Waals surface area contributed by atoms with E-state index in [-0.39, 0.29) is 5.78 Å². The molecule has 106 valence electrons. The Morgan fingerprint density at radius 3 is 2.84 bits per heavy atom. The van der Waals surface area contributed by atoms with Crippen LogP contribution in [0.4, 0.5) is 0 Å². The van der Waals surface area contributed by atoms with Crippen molar-refractivity contribution in [3.63, 3.8) is 0 Å². The van der Waals surface area contributed by atoms with E-state index in [0.717, 1.165) is 25.3 Å². The maximum Gasteiger partial charge on any atom is 0.182 e. The summed E-state index contributed by atoms with van der Waals surface area (Å²) in [5.41, 5.74) is 0.610. The van der Waals surface area contributed by atoms with Crippen molar-refractivity contribution >= 4 is 17.4 Å². The molecule has 1 aromatic rings. The molecule has 0 saturated heterocycles. The quantitative estimate of drug-likeness (QED) is 0.721. The number of hydrogen-bond donors (Lipinski definition) is 0. The molecule has 1 heterocycles. The molecule has 1 aliphatic rings. The molecular weight excluding hydrogens is 260 g/mol. The SMILES string of the molecule is CCCn1ncc(Cl)c1C(=O)CCC1CCCCC1. The fraction of sp³-hybridized carbons (Fsp3) is 0.733. The lowest BCUT2D eigenvalue weighted by Gasteiger charge is -2.21. The molecule has 1 aromatic heterocycles. The predicted octanol–water partition coefficient (Wildman–Crippen LogP) is 4.49. The van der Waals surface area contributed by atoms with Gasteiger partial charge in [0.15, 0.2) is 5.78 Å². The van der Waals surface area contributed by atoms with Gasteiger partial charge in [0, 0.05) is 13.0 Å². The van der Waals surface area contributed by atoms with Gasteiger partial charge in [-0.05, 0) is 18.8 Å². The number of hydrogen-bond acceptors (Lipinski definition) is 2. The number of ketones is 1. The monoisotopic (exact) mass is 282 g/mol. The zero-order chi connectivity index (χ0) is 13.7. The zero-order valence-electron chi connectivity index (χ0n) is 11.7. The summed E-state index contributed by atoms with van der Waals surface area (Å²) in [6, 6.07) is 0. The van der Waals surface area contributed by atoms with Gasteiger partial charge in [-0.3, -0.25) is 9.48 Å². The molecule has 3 nitrogen and oxygen atoms in total. The number of aromatic nitrogens is 2. The normalized spacial score (nSPS) is 16.7. The molecular formula is C15H23ClN2O. The number of halogens is 1. The van der Waals surface area contributed by atoms with Crippen LogP contribution in [0.15, 0.2) is 6.20 Å². The molecule has 0 bridgehead atoms. The zero-order valence-corrected chi connectivity index (χ0v) is 12.5. The lowest BCUT2D eigenvalue weighted by atomic mass is 9.85. The molecule has 19 heavy (non-hydrogen) atoms. The van der Waals surface area contributed by atoms with Gasteiger partial charge < -0.3 is 0 Å². The Hall–Kier alpha value is -0.830. The first-order valence-electron chi connectivity index (χ1n) is 7.47. The van der Waals surface area contributed by atoms with Gasteiger partial charge in [0.1, 0.15) is 5.69 Å². The van der Waals surface area contributed by atoms with Gasteiger partial charge in [0.2, 0.25) is 0 Å². The van der Waals surface area contributed by atoms with Crippen molar-refractivity contribution in [2.75, 3.05) is 0 Å². The van der Waals surface area contributed by atoms with Crippen LogP contribution in [0.3, 0.4) is 0 Å². The minimum atomic E-state index is 0.154. The number of carbonyl (C=O) groups is 1. The second-order valence-electron chi connectivity index (χ2n) is 5.53. The smallest absolute Gasteiger partial charge is 0.182 e. The first-order chi connectivity index (χ1) is 9.22. The fourth-order valence-corrected chi connectivity index (χ4v) is 3.20. The number of aryl methyl sites for hydroxylation is 1. The van der Waals surface area contributed by atoms with Gasteiger partial charge in [-0.1, -0.05) is 50.6 Å². The summed E-state index contributed by atoms with van der Waals surface area (Å²) in [5, 5.41) is 4.69. The first kappa shape index (κ1) is 14.6. The lowest BCUT2D eigenvalue weighted by molar-refractivity contribution is 0.0959. The maximum atomic E-state index is 12.3. The van der Waals surface area contributed by atoms with Crippen molar-refractivity contribution < 1.29 is 4.79 Å². The Labute approximate surface area is 120 Å². The number of Topliss-reactive ketones (excluding diaryl/α,β-unsaturated/α-hetero) is 1. The molecule has 0 unspecified atom stereocenters. The highest BCUT2D eigenvalue weighted by Gasteiger charge is 2.20. The topological polar surface area (TPSA) is 34.9 Å². The van der Waals surface area contributed by atoms with E-state index < -0.39 is 0 Å². The summed E-state index contributed by atoms with van der Waals surface area (Å²) in [7, 11) is 0. The fourth-order valence-electron chi connectivity index (χ4n) is 2.95. The molecule has 0 aliphatic heterocycles. The van der Waals surface area contributed by atoms with Crippen molar-refractivity contribution in [2.45, 2.75) is 64.8 Å². The molecule has 0 aromatic carbocycles. The van der Waals surface area contributed by atoms with Crippen LogP contribution in [0.5, 0.6) is 0 Å². The van der Waals surface area contributed by atoms with Crippen LogP contribution < -0.4 is 0 Å². The minimum absolute atomic E-state index is 0.154. The molecule has 1 saturated carbocycles. The van der Waals surface area contributed by atoms with Crippen LogP contribution in [0, 0.1) is 5.92 Å². The Balaban J connectivity index is 1.93. The number of rotatable bonds is 6. The van der Waals surface area contributed by atoms with Crippen LogP contribution in [0.25, 0.3) is 0 Å². The van der Waals surface area contributed by atoms with E-state index in [4.69, 9.17) is 11.6 Å². The van der Waals surface area contributed by atoms with Crippen molar-refractivity contribution in [1.82, 2.24) is 9.78 Å². The Morgan fingerprint density at radius 1 is 1.42 bits per heavy atom. The summed E-state index contributed by atoms with van der Waals surface area (Å²) >= 11 is 6.09. The predicted molar refractivity (Wildman–Crippen MR) is 77.7 cm³/mol. The van der Waals surface area contributed by atoms with Crippen LogP contribution in [0.2, 0.25) is 5.02 Å². The molecule has 0 N–H and O–H groups in total. The first-order valence-corrected chi connectivity index (χ1v) is 7.84. The number of nitrogens with zero attached hydrogens (tertiary/aromatic N) is 2. The van der Waals surface area contributed by atoms with E-state index in [0.29, 0.717) is 17.1 Å². The summed E-state index contributed by atoms with van der Waals surface area (Å²) in [6.45, 7) is 2.84.